The topological polar surface area (TPSA) is 92.7 Å². The van der Waals surface area contributed by atoms with Crippen LogP contribution < -0.4 is 9.46 Å². The molecule has 140 valence electrons. The summed E-state index contributed by atoms with van der Waals surface area (Å²) in [6.07, 6.45) is 0.0200. The molecule has 0 spiro atoms. The van der Waals surface area contributed by atoms with Crippen molar-refractivity contribution >= 4 is 26.8 Å². The molecule has 0 amide bonds. The highest BCUT2D eigenvalue weighted by atomic mass is 32.2. The number of ether oxygens (including phenoxy) is 1. The quantitative estimate of drug-likeness (QED) is 0.652. The molecule has 0 aliphatic heterocycles. The number of fused-ring (bicyclic) bond motifs is 1. The van der Waals surface area contributed by atoms with Crippen LogP contribution in [0.1, 0.15) is 5.56 Å². The maximum Gasteiger partial charge on any atom is 0.322 e. The van der Waals surface area contributed by atoms with Crippen molar-refractivity contribution in [1.29, 1.82) is 0 Å². The second-order valence-electron chi connectivity index (χ2n) is 6.07. The Morgan fingerprint density at radius 2 is 1.70 bits per heavy atom. The summed E-state index contributed by atoms with van der Waals surface area (Å²) < 4.78 is 32.7. The van der Waals surface area contributed by atoms with Crippen molar-refractivity contribution in [2.75, 3.05) is 7.11 Å². The Morgan fingerprint density at radius 1 is 1.04 bits per heavy atom. The molecule has 27 heavy (non-hydrogen) atoms. The standard InChI is InChI=1S/C20H19NO5S/c1-26-17-9-6-14(7-10-17)12-19(20(22)23)21-27(24,25)18-11-8-15-4-2-3-5-16(15)13-18/h2-11,13,19,21H,12H2,1H3,(H,22,23)/t19-/m0/s1. The van der Waals surface area contributed by atoms with E-state index in [1.54, 1.807) is 36.4 Å². The fourth-order valence-corrected chi connectivity index (χ4v) is 3.99. The Balaban J connectivity index is 1.84. The lowest BCUT2D eigenvalue weighted by atomic mass is 10.1. The first-order valence-corrected chi connectivity index (χ1v) is 9.74. The number of carbonyl (C=O) groups is 1. The van der Waals surface area contributed by atoms with E-state index in [1.807, 2.05) is 18.2 Å². The second kappa shape index (κ2) is 7.77. The molecular formula is C20H19NO5S. The lowest BCUT2D eigenvalue weighted by molar-refractivity contribution is -0.138. The van der Waals surface area contributed by atoms with E-state index in [0.29, 0.717) is 11.3 Å². The molecule has 0 aliphatic rings. The van der Waals surface area contributed by atoms with Crippen molar-refractivity contribution < 1.29 is 23.1 Å². The maximum atomic E-state index is 12.7. The Hall–Kier alpha value is -2.90. The van der Waals surface area contributed by atoms with E-state index in [-0.39, 0.29) is 11.3 Å². The van der Waals surface area contributed by atoms with Crippen molar-refractivity contribution in [2.45, 2.75) is 17.4 Å². The van der Waals surface area contributed by atoms with E-state index in [9.17, 15) is 18.3 Å². The van der Waals surface area contributed by atoms with Crippen molar-refractivity contribution in [3.05, 3.63) is 72.3 Å². The zero-order valence-electron chi connectivity index (χ0n) is 14.6. The van der Waals surface area contributed by atoms with Crippen LogP contribution in [-0.2, 0) is 21.2 Å². The van der Waals surface area contributed by atoms with Gasteiger partial charge in [-0.05, 0) is 47.0 Å². The molecule has 0 saturated carbocycles. The summed E-state index contributed by atoms with van der Waals surface area (Å²) in [5.74, 6) is -0.599. The molecule has 0 aromatic heterocycles. The summed E-state index contributed by atoms with van der Waals surface area (Å²) in [6, 6.07) is 17.6. The van der Waals surface area contributed by atoms with Gasteiger partial charge < -0.3 is 9.84 Å². The van der Waals surface area contributed by atoms with E-state index in [1.165, 1.54) is 19.2 Å². The minimum absolute atomic E-state index is 0.0200. The van der Waals surface area contributed by atoms with Crippen LogP contribution in [0.5, 0.6) is 5.75 Å². The van der Waals surface area contributed by atoms with Gasteiger partial charge in [-0.2, -0.15) is 4.72 Å². The zero-order chi connectivity index (χ0) is 19.4. The number of methoxy groups -OCH3 is 1. The minimum atomic E-state index is -3.98. The summed E-state index contributed by atoms with van der Waals surface area (Å²) in [5, 5.41) is 11.1. The zero-order valence-corrected chi connectivity index (χ0v) is 15.4. The van der Waals surface area contributed by atoms with E-state index in [4.69, 9.17) is 4.74 Å². The van der Waals surface area contributed by atoms with E-state index in [0.717, 1.165) is 10.8 Å². The van der Waals surface area contributed by atoms with Crippen LogP contribution in [0.15, 0.2) is 71.6 Å². The van der Waals surface area contributed by atoms with Gasteiger partial charge in [0.2, 0.25) is 10.0 Å². The molecular weight excluding hydrogens is 366 g/mol. The first-order chi connectivity index (χ1) is 12.9. The molecule has 0 unspecified atom stereocenters. The molecule has 2 N–H and O–H groups in total. The van der Waals surface area contributed by atoms with Gasteiger partial charge in [-0.1, -0.05) is 42.5 Å². The van der Waals surface area contributed by atoms with E-state index in [2.05, 4.69) is 4.72 Å². The van der Waals surface area contributed by atoms with Crippen LogP contribution in [0.4, 0.5) is 0 Å². The SMILES string of the molecule is COc1ccc(C[C@H](NS(=O)(=O)c2ccc3ccccc3c2)C(=O)O)cc1. The van der Waals surface area contributed by atoms with E-state index < -0.39 is 22.0 Å². The molecule has 1 atom stereocenters. The van der Waals surface area contributed by atoms with Gasteiger partial charge in [-0.15, -0.1) is 0 Å². The van der Waals surface area contributed by atoms with Crippen LogP contribution in [0.25, 0.3) is 10.8 Å². The van der Waals surface area contributed by atoms with Crippen molar-refractivity contribution in [2.24, 2.45) is 0 Å². The Kier molecular flexibility index (Phi) is 5.43. The normalized spacial score (nSPS) is 12.6. The van der Waals surface area contributed by atoms with Gasteiger partial charge >= 0.3 is 5.97 Å². The highest BCUT2D eigenvalue weighted by molar-refractivity contribution is 7.89. The number of nitrogens with one attached hydrogen (secondary N) is 1. The second-order valence-corrected chi connectivity index (χ2v) is 7.79. The van der Waals surface area contributed by atoms with E-state index >= 15 is 0 Å². The van der Waals surface area contributed by atoms with Gasteiger partial charge in [-0.25, -0.2) is 8.42 Å². The fraction of sp³-hybridized carbons (Fsp3) is 0.150. The summed E-state index contributed by atoms with van der Waals surface area (Å²) in [4.78, 5) is 11.6. The van der Waals surface area contributed by atoms with Gasteiger partial charge in [0, 0.05) is 0 Å². The average molecular weight is 385 g/mol. The molecule has 0 fully saturated rings. The lowest BCUT2D eigenvalue weighted by Gasteiger charge is -2.15. The Bertz CT molecular complexity index is 1060. The molecule has 6 nitrogen and oxygen atoms in total. The molecule has 3 rings (SSSR count). The highest BCUT2D eigenvalue weighted by Crippen LogP contribution is 2.20. The molecule has 0 heterocycles. The number of aliphatic carboxylic acids is 1. The molecule has 7 heteroatoms. The van der Waals surface area contributed by atoms with Gasteiger partial charge in [-0.3, -0.25) is 4.79 Å². The average Bonchev–Trinajstić information content (AvgIpc) is 2.67. The summed E-state index contributed by atoms with van der Waals surface area (Å²) in [5.41, 5.74) is 0.685. The monoisotopic (exact) mass is 385 g/mol. The number of sulfonamides is 1. The molecule has 3 aromatic carbocycles. The van der Waals surface area contributed by atoms with Gasteiger partial charge in [0.25, 0.3) is 0 Å². The van der Waals surface area contributed by atoms with Crippen molar-refractivity contribution in [3.8, 4) is 5.75 Å². The number of hydrogen-bond donors (Lipinski definition) is 2. The van der Waals surface area contributed by atoms with Crippen LogP contribution in [0.3, 0.4) is 0 Å². The molecule has 0 saturated heterocycles. The summed E-state index contributed by atoms with van der Waals surface area (Å²) >= 11 is 0. The third-order valence-electron chi connectivity index (χ3n) is 4.23. The predicted molar refractivity (Wildman–Crippen MR) is 102 cm³/mol. The largest absolute Gasteiger partial charge is 0.497 e. The first kappa shape index (κ1) is 18.9. The van der Waals surface area contributed by atoms with Crippen molar-refractivity contribution in [1.82, 2.24) is 4.72 Å². The fourth-order valence-electron chi connectivity index (χ4n) is 2.77. The van der Waals surface area contributed by atoms with Crippen LogP contribution in [0, 0.1) is 0 Å². The molecule has 0 radical (unpaired) electrons. The first-order valence-electron chi connectivity index (χ1n) is 8.26. The molecule has 0 aliphatic carbocycles. The number of carboxylic acid groups (broad SMARTS) is 1. The van der Waals surface area contributed by atoms with Gasteiger partial charge in [0.05, 0.1) is 12.0 Å². The summed E-state index contributed by atoms with van der Waals surface area (Å²) in [6.45, 7) is 0. The summed E-state index contributed by atoms with van der Waals surface area (Å²) in [7, 11) is -2.45. The van der Waals surface area contributed by atoms with Crippen LogP contribution >= 0.6 is 0 Å². The number of benzene rings is 3. The Labute approximate surface area is 157 Å². The smallest absolute Gasteiger partial charge is 0.322 e. The third-order valence-corrected chi connectivity index (χ3v) is 5.69. The number of rotatable bonds is 7. The van der Waals surface area contributed by atoms with Crippen LogP contribution in [0.2, 0.25) is 0 Å². The predicted octanol–water partition coefficient (Wildman–Crippen LogP) is 2.82. The number of carboxylic acids is 1. The van der Waals surface area contributed by atoms with Gasteiger partial charge in [0.15, 0.2) is 0 Å². The third kappa shape index (κ3) is 4.45. The maximum absolute atomic E-state index is 12.7. The highest BCUT2D eigenvalue weighted by Gasteiger charge is 2.26. The number of hydrogen-bond acceptors (Lipinski definition) is 4. The minimum Gasteiger partial charge on any atom is -0.497 e. The molecule has 0 bridgehead atoms. The Morgan fingerprint density at radius 3 is 2.33 bits per heavy atom. The molecule has 3 aromatic rings. The van der Waals surface area contributed by atoms with Crippen LogP contribution in [-0.4, -0.2) is 32.6 Å². The van der Waals surface area contributed by atoms with Gasteiger partial charge in [0.1, 0.15) is 11.8 Å². The lowest BCUT2D eigenvalue weighted by Crippen LogP contribution is -2.42. The van der Waals surface area contributed by atoms with Crippen molar-refractivity contribution in [3.63, 3.8) is 0 Å².